The van der Waals surface area contributed by atoms with Gasteiger partial charge in [0.15, 0.2) is 0 Å². The summed E-state index contributed by atoms with van der Waals surface area (Å²) >= 11 is 9.30. The van der Waals surface area contributed by atoms with Gasteiger partial charge in [-0.15, -0.1) is 0 Å². The monoisotopic (exact) mass is 286 g/mol. The van der Waals surface area contributed by atoms with E-state index in [0.29, 0.717) is 0 Å². The Morgan fingerprint density at radius 2 is 1.78 bits per heavy atom. The molecule has 0 aromatic heterocycles. The SMILES string of the molecule is COC(F)(Br)C(F)(Cl)Br. The first kappa shape index (κ1) is 10.1. The van der Waals surface area contributed by atoms with Crippen molar-refractivity contribution in [1.82, 2.24) is 0 Å². The number of hydrogen-bond donors (Lipinski definition) is 0. The minimum absolute atomic E-state index is 0.979. The summed E-state index contributed by atoms with van der Waals surface area (Å²) in [5.41, 5.74) is 0. The van der Waals surface area contributed by atoms with Crippen molar-refractivity contribution in [3.05, 3.63) is 0 Å². The van der Waals surface area contributed by atoms with Gasteiger partial charge < -0.3 is 4.74 Å². The average Bonchev–Trinajstić information content (AvgIpc) is 1.64. The number of hydrogen-bond acceptors (Lipinski definition) is 1. The second kappa shape index (κ2) is 2.98. The molecule has 0 saturated heterocycles. The summed E-state index contributed by atoms with van der Waals surface area (Å²) in [5, 5.41) is 0. The first-order valence-corrected chi connectivity index (χ1v) is 3.77. The summed E-state index contributed by atoms with van der Waals surface area (Å²) in [4.78, 5) is 0. The molecule has 0 spiro atoms. The molecule has 0 aliphatic carbocycles. The number of methoxy groups -OCH3 is 1. The van der Waals surface area contributed by atoms with Gasteiger partial charge in [0.1, 0.15) is 0 Å². The highest BCUT2D eigenvalue weighted by atomic mass is 79.9. The molecule has 0 aliphatic rings. The van der Waals surface area contributed by atoms with E-state index in [4.69, 9.17) is 11.6 Å². The molecule has 9 heavy (non-hydrogen) atoms. The maximum atomic E-state index is 12.5. The Labute approximate surface area is 73.0 Å². The molecule has 0 bridgehead atoms. The maximum absolute atomic E-state index is 12.5. The highest BCUT2D eigenvalue weighted by molar-refractivity contribution is 9.13. The highest BCUT2D eigenvalue weighted by Crippen LogP contribution is 2.44. The fourth-order valence-electron chi connectivity index (χ4n) is 0.116. The lowest BCUT2D eigenvalue weighted by Crippen LogP contribution is -2.33. The lowest BCUT2D eigenvalue weighted by atomic mass is 10.7. The van der Waals surface area contributed by atoms with Crippen LogP contribution < -0.4 is 0 Å². The molecule has 2 atom stereocenters. The Balaban J connectivity index is 4.14. The number of alkyl halides is 5. The normalized spacial score (nSPS) is 24.7. The van der Waals surface area contributed by atoms with Crippen LogP contribution in [0.15, 0.2) is 0 Å². The molecule has 0 saturated carbocycles. The van der Waals surface area contributed by atoms with E-state index >= 15 is 0 Å². The van der Waals surface area contributed by atoms with Crippen LogP contribution in [0, 0.1) is 0 Å². The third-order valence-electron chi connectivity index (χ3n) is 0.586. The summed E-state index contributed by atoms with van der Waals surface area (Å²) in [6.45, 7) is 0. The van der Waals surface area contributed by atoms with Crippen LogP contribution in [0.3, 0.4) is 0 Å². The van der Waals surface area contributed by atoms with Crippen LogP contribution in [0.4, 0.5) is 8.78 Å². The molecule has 6 heteroatoms. The predicted molar refractivity (Wildman–Crippen MR) is 38.4 cm³/mol. The van der Waals surface area contributed by atoms with Gasteiger partial charge in [-0.05, 0) is 31.9 Å². The van der Waals surface area contributed by atoms with E-state index in [0.717, 1.165) is 7.11 Å². The summed E-state index contributed by atoms with van der Waals surface area (Å²) in [6.07, 6.45) is 0. The van der Waals surface area contributed by atoms with E-state index < -0.39 is 8.80 Å². The summed E-state index contributed by atoms with van der Waals surface area (Å²) in [6, 6.07) is 0. The molecule has 0 aromatic carbocycles. The van der Waals surface area contributed by atoms with Crippen LogP contribution in [-0.4, -0.2) is 15.9 Å². The smallest absolute Gasteiger partial charge is 0.324 e. The molecule has 0 fully saturated rings. The van der Waals surface area contributed by atoms with Crippen LogP contribution in [0.25, 0.3) is 0 Å². The summed E-state index contributed by atoms with van der Waals surface area (Å²) in [7, 11) is 0.979. The fraction of sp³-hybridized carbons (Fsp3) is 1.00. The second-order valence-corrected chi connectivity index (χ2v) is 4.31. The highest BCUT2D eigenvalue weighted by Gasteiger charge is 2.49. The van der Waals surface area contributed by atoms with Crippen LogP contribution in [0.2, 0.25) is 0 Å². The Morgan fingerprint density at radius 3 is 1.78 bits per heavy atom. The van der Waals surface area contributed by atoms with Crippen LogP contribution in [-0.2, 0) is 4.74 Å². The van der Waals surface area contributed by atoms with Crippen molar-refractivity contribution >= 4 is 43.5 Å². The Bertz CT molecular complexity index is 102. The molecule has 0 amide bonds. The van der Waals surface area contributed by atoms with Gasteiger partial charge in [-0.2, -0.15) is 4.39 Å². The van der Waals surface area contributed by atoms with Crippen molar-refractivity contribution in [2.45, 2.75) is 8.80 Å². The molecule has 2 unspecified atom stereocenters. The van der Waals surface area contributed by atoms with E-state index in [1.165, 1.54) is 0 Å². The van der Waals surface area contributed by atoms with Gasteiger partial charge in [-0.1, -0.05) is 11.6 Å². The maximum Gasteiger partial charge on any atom is 0.324 e. The fourth-order valence-corrected chi connectivity index (χ4v) is 0.355. The van der Waals surface area contributed by atoms with E-state index in [9.17, 15) is 8.78 Å². The first-order chi connectivity index (χ1) is 3.81. The average molecular weight is 288 g/mol. The summed E-state index contributed by atoms with van der Waals surface area (Å²) in [5.74, 6) is 0. The molecular weight excluding hydrogens is 285 g/mol. The largest absolute Gasteiger partial charge is 0.337 e. The van der Waals surface area contributed by atoms with Gasteiger partial charge in [0, 0.05) is 7.11 Å². The van der Waals surface area contributed by atoms with Gasteiger partial charge >= 0.3 is 8.80 Å². The van der Waals surface area contributed by atoms with Crippen molar-refractivity contribution in [2.24, 2.45) is 0 Å². The topological polar surface area (TPSA) is 9.23 Å². The van der Waals surface area contributed by atoms with Gasteiger partial charge in [-0.25, -0.2) is 4.39 Å². The molecular formula is C3H3Br2ClF2O. The molecule has 0 aromatic rings. The van der Waals surface area contributed by atoms with Crippen molar-refractivity contribution < 1.29 is 13.5 Å². The second-order valence-electron chi connectivity index (χ2n) is 1.22. The summed E-state index contributed by atoms with van der Waals surface area (Å²) < 4.78 is 23.3. The van der Waals surface area contributed by atoms with E-state index in [1.54, 1.807) is 0 Å². The Hall–Kier alpha value is 1.07. The Kier molecular flexibility index (Phi) is 3.34. The minimum atomic E-state index is -2.74. The zero-order chi connectivity index (χ0) is 7.71. The third-order valence-corrected chi connectivity index (χ3v) is 2.97. The standard InChI is InChI=1S/C3H3Br2ClF2O/c1-9-3(5,8)2(4,6)7/h1H3. The van der Waals surface area contributed by atoms with Crippen molar-refractivity contribution in [2.75, 3.05) is 7.11 Å². The molecule has 0 aliphatic heterocycles. The number of rotatable bonds is 2. The van der Waals surface area contributed by atoms with E-state index in [-0.39, 0.29) is 0 Å². The lowest BCUT2D eigenvalue weighted by Gasteiger charge is -2.22. The van der Waals surface area contributed by atoms with Crippen LogP contribution in [0.1, 0.15) is 0 Å². The van der Waals surface area contributed by atoms with Gasteiger partial charge in [0.05, 0.1) is 0 Å². The molecule has 1 nitrogen and oxygen atoms in total. The van der Waals surface area contributed by atoms with Crippen LogP contribution in [0.5, 0.6) is 0 Å². The first-order valence-electron chi connectivity index (χ1n) is 1.81. The van der Waals surface area contributed by atoms with Crippen molar-refractivity contribution in [1.29, 1.82) is 0 Å². The quantitative estimate of drug-likeness (QED) is 0.710. The predicted octanol–water partition coefficient (Wildman–Crippen LogP) is 2.91. The van der Waals surface area contributed by atoms with Gasteiger partial charge in [0.25, 0.3) is 0 Å². The van der Waals surface area contributed by atoms with E-state index in [1.807, 2.05) is 0 Å². The Morgan fingerprint density at radius 1 is 1.44 bits per heavy atom. The molecule has 0 N–H and O–H groups in total. The third kappa shape index (κ3) is 2.65. The zero-order valence-corrected chi connectivity index (χ0v) is 8.23. The van der Waals surface area contributed by atoms with Gasteiger partial charge in [0.2, 0.25) is 0 Å². The van der Waals surface area contributed by atoms with Crippen molar-refractivity contribution in [3.63, 3.8) is 0 Å². The lowest BCUT2D eigenvalue weighted by molar-refractivity contribution is -0.0705. The zero-order valence-electron chi connectivity index (χ0n) is 4.30. The van der Waals surface area contributed by atoms with Crippen molar-refractivity contribution in [3.8, 4) is 0 Å². The van der Waals surface area contributed by atoms with Crippen LogP contribution >= 0.6 is 43.5 Å². The molecule has 0 heterocycles. The van der Waals surface area contributed by atoms with Gasteiger partial charge in [-0.3, -0.25) is 0 Å². The molecule has 0 radical (unpaired) electrons. The minimum Gasteiger partial charge on any atom is -0.337 e. The molecule has 0 rings (SSSR count). The number of halogens is 5. The van der Waals surface area contributed by atoms with E-state index in [2.05, 4.69) is 36.6 Å². The number of ether oxygens (including phenoxy) is 1. The molecule has 56 valence electrons.